The summed E-state index contributed by atoms with van der Waals surface area (Å²) in [7, 11) is -9.52. The highest BCUT2D eigenvalue weighted by atomic mass is 32.2. The molecule has 46 heavy (non-hydrogen) atoms. The number of hydrogen-bond acceptors (Lipinski definition) is 8. The molecule has 0 saturated carbocycles. The van der Waals surface area contributed by atoms with E-state index in [1.54, 1.807) is 0 Å². The first-order valence-corrected chi connectivity index (χ1v) is 18.7. The normalized spacial score (nSPS) is 18.0. The molecule has 0 aliphatic carbocycles. The Morgan fingerprint density at radius 2 is 1.52 bits per heavy atom. The molecule has 0 aromatic heterocycles. The molecule has 0 amide bonds. The standard InChI is InChI=1S/C34H30N4O6S2/c35-18-23(19-36)45(39,40)22-9-10-24(29(17-22)46(41,42)43)30-27-15-20-5-1-11-37-13-3-7-25(31(20)37)33(27)44-34-26-8-4-14-38-12-2-6-21(32(26)38)16-28(30)34/h9-10,15-17,23H,1-8,11-14H2/p+1. The molecule has 0 unspecified atom stereocenters. The number of fused-ring (bicyclic) bond motifs is 4. The Morgan fingerprint density at radius 3 is 2.26 bits per heavy atom. The molecule has 5 heterocycles. The first-order valence-electron chi connectivity index (χ1n) is 15.7. The molecule has 3 aromatic carbocycles. The van der Waals surface area contributed by atoms with Crippen LogP contribution in [0.1, 0.15) is 59.1 Å². The van der Waals surface area contributed by atoms with Gasteiger partial charge in [-0.2, -0.15) is 18.9 Å². The fourth-order valence-corrected chi connectivity index (χ4v) is 10.1. The second-order valence-electron chi connectivity index (χ2n) is 12.7. The van der Waals surface area contributed by atoms with Crippen molar-refractivity contribution in [3.8, 4) is 23.6 Å². The van der Waals surface area contributed by atoms with E-state index in [1.807, 2.05) is 0 Å². The van der Waals surface area contributed by atoms with Crippen LogP contribution in [0.3, 0.4) is 0 Å². The lowest BCUT2D eigenvalue weighted by Crippen LogP contribution is -2.45. The fourth-order valence-electron chi connectivity index (χ4n) is 8.21. The number of benzene rings is 3. The zero-order valence-electron chi connectivity index (χ0n) is 25.0. The first kappa shape index (κ1) is 29.2. The smallest absolute Gasteiger partial charge is 0.295 e. The minimum absolute atomic E-state index is 0.143. The minimum atomic E-state index is -4.98. The van der Waals surface area contributed by atoms with Gasteiger partial charge in [-0.15, -0.1) is 0 Å². The Morgan fingerprint density at radius 1 is 0.826 bits per heavy atom. The molecule has 1 N–H and O–H groups in total. The second-order valence-corrected chi connectivity index (χ2v) is 16.1. The van der Waals surface area contributed by atoms with Gasteiger partial charge in [0, 0.05) is 64.7 Å². The van der Waals surface area contributed by atoms with Crippen molar-refractivity contribution in [2.24, 2.45) is 0 Å². The summed E-state index contributed by atoms with van der Waals surface area (Å²) >= 11 is 0. The maximum atomic E-state index is 13.2. The van der Waals surface area contributed by atoms with E-state index in [9.17, 15) is 31.9 Å². The minimum Gasteiger partial charge on any atom is -0.455 e. The summed E-state index contributed by atoms with van der Waals surface area (Å²) in [5.41, 5.74) is 7.13. The van der Waals surface area contributed by atoms with E-state index in [2.05, 4.69) is 21.6 Å². The molecule has 0 radical (unpaired) electrons. The summed E-state index contributed by atoms with van der Waals surface area (Å²) in [6, 6.07) is 10.6. The molecule has 3 aromatic rings. The zero-order chi connectivity index (χ0) is 32.0. The number of hydrogen-bond donors (Lipinski definition) is 1. The second kappa shape index (κ2) is 10.4. The molecule has 0 fully saturated rings. The van der Waals surface area contributed by atoms with Gasteiger partial charge in [-0.3, -0.25) is 4.55 Å². The van der Waals surface area contributed by atoms with Crippen LogP contribution >= 0.6 is 0 Å². The predicted octanol–water partition coefficient (Wildman–Crippen LogP) is 2.56. The Bertz CT molecular complexity index is 2320. The summed E-state index contributed by atoms with van der Waals surface area (Å²) in [6.07, 6.45) is 7.25. The quantitative estimate of drug-likeness (QED) is 0.258. The Balaban J connectivity index is 1.51. The van der Waals surface area contributed by atoms with E-state index in [0.29, 0.717) is 27.9 Å². The van der Waals surface area contributed by atoms with Crippen molar-refractivity contribution in [2.75, 3.05) is 31.1 Å². The van der Waals surface area contributed by atoms with E-state index in [1.165, 1.54) is 35.3 Å². The average molecular weight is 656 g/mol. The highest BCUT2D eigenvalue weighted by Gasteiger charge is 2.37. The number of nitrogens with zero attached hydrogens (tertiary/aromatic N) is 4. The van der Waals surface area contributed by atoms with Crippen LogP contribution in [-0.4, -0.2) is 52.8 Å². The highest BCUT2D eigenvalue weighted by molar-refractivity contribution is 7.92. The van der Waals surface area contributed by atoms with Gasteiger partial charge in [0.15, 0.2) is 0 Å². The number of aryl methyl sites for hydroxylation is 2. The third-order valence-electron chi connectivity index (χ3n) is 10.1. The predicted molar refractivity (Wildman–Crippen MR) is 169 cm³/mol. The van der Waals surface area contributed by atoms with Gasteiger partial charge in [-0.25, -0.2) is 13.0 Å². The lowest BCUT2D eigenvalue weighted by atomic mass is 9.82. The highest BCUT2D eigenvalue weighted by Crippen LogP contribution is 2.49. The maximum absolute atomic E-state index is 13.2. The third kappa shape index (κ3) is 4.24. The van der Waals surface area contributed by atoms with E-state index < -0.39 is 35.0 Å². The van der Waals surface area contributed by atoms with E-state index in [4.69, 9.17) is 4.74 Å². The summed E-state index contributed by atoms with van der Waals surface area (Å²) in [5.74, 6) is 1.37. The van der Waals surface area contributed by atoms with Crippen molar-refractivity contribution in [1.82, 2.24) is 4.58 Å². The van der Waals surface area contributed by atoms with Crippen LogP contribution < -0.4 is 24.8 Å². The molecule has 5 aliphatic heterocycles. The third-order valence-corrected chi connectivity index (χ3v) is 12.7. The fraction of sp³-hybridized carbons (Fsp3) is 0.382. The summed E-state index contributed by atoms with van der Waals surface area (Å²) < 4.78 is 72.5. The van der Waals surface area contributed by atoms with Crippen molar-refractivity contribution in [3.63, 3.8) is 0 Å². The molecule has 10 nitrogen and oxygen atoms in total. The van der Waals surface area contributed by atoms with Crippen LogP contribution in [0.4, 0.5) is 5.69 Å². The van der Waals surface area contributed by atoms with Gasteiger partial charge in [0.25, 0.3) is 10.1 Å². The van der Waals surface area contributed by atoms with E-state index in [-0.39, 0.29) is 5.56 Å². The number of anilines is 1. The Kier molecular flexibility index (Phi) is 6.59. The van der Waals surface area contributed by atoms with Gasteiger partial charge < -0.3 is 9.64 Å². The van der Waals surface area contributed by atoms with Crippen molar-refractivity contribution >= 4 is 31.2 Å². The topological polar surface area (TPSA) is 152 Å². The van der Waals surface area contributed by atoms with E-state index >= 15 is 0 Å². The molecule has 12 heteroatoms. The van der Waals surface area contributed by atoms with Crippen LogP contribution in [-0.2, 0) is 45.6 Å². The largest absolute Gasteiger partial charge is 0.455 e. The summed E-state index contributed by atoms with van der Waals surface area (Å²) in [4.78, 5) is 1.29. The molecule has 0 bridgehead atoms. The zero-order valence-corrected chi connectivity index (χ0v) is 26.7. The Labute approximate surface area is 267 Å². The number of sulfone groups is 1. The number of ether oxygens (including phenoxy) is 1. The van der Waals surface area contributed by atoms with Crippen LogP contribution in [0.5, 0.6) is 11.5 Å². The average Bonchev–Trinajstić information content (AvgIpc) is 3.04. The van der Waals surface area contributed by atoms with Gasteiger partial charge in [0.05, 0.1) is 22.6 Å². The maximum Gasteiger partial charge on any atom is 0.295 e. The van der Waals surface area contributed by atoms with Crippen molar-refractivity contribution in [1.29, 1.82) is 10.5 Å². The van der Waals surface area contributed by atoms with Crippen LogP contribution in [0, 0.1) is 22.7 Å². The lowest BCUT2D eigenvalue weighted by Gasteiger charge is -2.39. The SMILES string of the molecule is N#CC(C#N)S(=O)(=O)c1ccc(C2=c3cc4c5c(c3Oc3c2cc2c6c3CCCN6CCC2)CCC[N+]=5CCC4)c(S(=O)(=O)O)c1. The number of nitriles is 2. The van der Waals surface area contributed by atoms with Gasteiger partial charge in [0.2, 0.25) is 20.4 Å². The molecular weight excluding hydrogens is 625 g/mol. The van der Waals surface area contributed by atoms with Gasteiger partial charge in [0.1, 0.15) is 29.5 Å². The molecular formula is C34H31N4O6S2+. The summed E-state index contributed by atoms with van der Waals surface area (Å²) in [5, 5.41) is 18.5. The van der Waals surface area contributed by atoms with Crippen LogP contribution in [0.25, 0.3) is 5.57 Å². The van der Waals surface area contributed by atoms with Crippen molar-refractivity contribution in [3.05, 3.63) is 74.3 Å². The summed E-state index contributed by atoms with van der Waals surface area (Å²) in [6.45, 7) is 3.87. The molecule has 0 atom stereocenters. The molecule has 0 saturated heterocycles. The Hall–Kier alpha value is -4.23. The van der Waals surface area contributed by atoms with Crippen molar-refractivity contribution in [2.45, 2.75) is 66.4 Å². The number of rotatable bonds is 4. The monoisotopic (exact) mass is 655 g/mol. The lowest BCUT2D eigenvalue weighted by molar-refractivity contribution is 0.431. The van der Waals surface area contributed by atoms with E-state index in [0.717, 1.165) is 106 Å². The van der Waals surface area contributed by atoms with Gasteiger partial charge in [-0.1, -0.05) is 6.07 Å². The van der Waals surface area contributed by atoms with Gasteiger partial charge in [-0.05, 0) is 68.4 Å². The molecule has 8 rings (SSSR count). The molecule has 234 valence electrons. The van der Waals surface area contributed by atoms with Gasteiger partial charge >= 0.3 is 0 Å². The molecule has 5 aliphatic rings. The van der Waals surface area contributed by atoms with Crippen LogP contribution in [0.2, 0.25) is 0 Å². The molecule has 0 spiro atoms. The first-order chi connectivity index (χ1) is 22.1. The van der Waals surface area contributed by atoms with Crippen LogP contribution in [0.15, 0.2) is 40.1 Å². The van der Waals surface area contributed by atoms with Crippen molar-refractivity contribution < 1.29 is 26.1 Å².